The molecule has 5 rings (SSSR count). The first-order valence-corrected chi connectivity index (χ1v) is 38.0. The summed E-state index contributed by atoms with van der Waals surface area (Å²) in [5, 5.41) is 11.5. The maximum Gasteiger partial charge on any atom is 0.397 e. The molecule has 2 saturated heterocycles. The van der Waals surface area contributed by atoms with Crippen molar-refractivity contribution in [2.45, 2.75) is 267 Å². The van der Waals surface area contributed by atoms with Crippen molar-refractivity contribution in [3.8, 4) is 0 Å². The lowest BCUT2D eigenvalue weighted by atomic mass is 9.88. The summed E-state index contributed by atoms with van der Waals surface area (Å²) in [7, 11) is -5.01. The highest BCUT2D eigenvalue weighted by Crippen LogP contribution is 2.38. The summed E-state index contributed by atoms with van der Waals surface area (Å²) in [6.45, 7) is 26.6. The second-order valence-electron chi connectivity index (χ2n) is 29.5. The van der Waals surface area contributed by atoms with Crippen molar-refractivity contribution >= 4 is 28.3 Å². The Hall–Kier alpha value is -4.34. The van der Waals surface area contributed by atoms with Crippen LogP contribution in [0.1, 0.15) is 243 Å². The number of carbonyl (C=O) groups is 3. The Bertz CT molecular complexity index is 2680. The van der Waals surface area contributed by atoms with Crippen molar-refractivity contribution in [2.75, 3.05) is 39.6 Å². The van der Waals surface area contributed by atoms with E-state index >= 15 is 0 Å². The zero-order chi connectivity index (χ0) is 70.0. The van der Waals surface area contributed by atoms with Crippen LogP contribution < -0.4 is 0 Å². The van der Waals surface area contributed by atoms with Crippen LogP contribution in [-0.2, 0) is 57.2 Å². The first kappa shape index (κ1) is 82.3. The Kier molecular flexibility index (Phi) is 38.4. The number of esters is 3. The van der Waals surface area contributed by atoms with Gasteiger partial charge in [0.15, 0.2) is 24.8 Å². The molecule has 11 unspecified atom stereocenters. The molecule has 0 radical (unpaired) electrons. The Balaban J connectivity index is 1.35. The summed E-state index contributed by atoms with van der Waals surface area (Å²) in [6, 6.07) is 25.0. The minimum absolute atomic E-state index is 0.0423. The topological polar surface area (TPSA) is 218 Å². The van der Waals surface area contributed by atoms with Gasteiger partial charge in [-0.15, -0.1) is 0 Å². The SMILES string of the molecule is CC(C)CCCC(C)CCCC(C)CCCC(C)CCOCC(CO[C@@H]1OC(COC(=O)c2ccccc2)[C@@H](O[C@@H]2OC(COS(=O)(=O)O)[C@H](O)[C@H](C)C2OC(=O)c2ccccc2)[C@H](C)C1OC(=O)c1ccccc1)OCCC(C)CCCC(C)CCCC(C)CCCC(C)C. The number of benzene rings is 3. The van der Waals surface area contributed by atoms with Crippen LogP contribution in [0.3, 0.4) is 0 Å². The third-order valence-corrected chi connectivity index (χ3v) is 20.0. The molecule has 96 heavy (non-hydrogen) atoms. The molecule has 0 spiro atoms. The fourth-order valence-electron chi connectivity index (χ4n) is 13.1. The number of hydrogen-bond donors (Lipinski definition) is 2. The number of rotatable bonds is 48. The van der Waals surface area contributed by atoms with Crippen molar-refractivity contribution < 1.29 is 79.3 Å². The molecular weight excluding hydrogens is 1240 g/mol. The van der Waals surface area contributed by atoms with Crippen LogP contribution in [0.5, 0.6) is 0 Å². The molecule has 544 valence electrons. The van der Waals surface area contributed by atoms with Gasteiger partial charge < -0.3 is 47.7 Å². The fraction of sp³-hybridized carbons (Fsp3) is 0.731. The predicted octanol–water partition coefficient (Wildman–Crippen LogP) is 16.9. The molecular formula is C78H124O17S. The summed E-state index contributed by atoms with van der Waals surface area (Å²) < 4.78 is 96.3. The Labute approximate surface area is 578 Å². The second kappa shape index (κ2) is 44.7. The van der Waals surface area contributed by atoms with E-state index in [0.29, 0.717) is 36.9 Å². The van der Waals surface area contributed by atoms with Crippen LogP contribution in [0, 0.1) is 59.2 Å². The Morgan fingerprint density at radius 1 is 0.458 bits per heavy atom. The van der Waals surface area contributed by atoms with Gasteiger partial charge in [0.05, 0.1) is 48.7 Å². The van der Waals surface area contributed by atoms with Crippen molar-refractivity contribution in [1.82, 2.24) is 0 Å². The molecule has 0 bridgehead atoms. The van der Waals surface area contributed by atoms with Gasteiger partial charge in [-0.25, -0.2) is 18.6 Å². The number of carbonyl (C=O) groups excluding carboxylic acids is 3. The largest absolute Gasteiger partial charge is 0.459 e. The highest BCUT2D eigenvalue weighted by Gasteiger charge is 2.53. The van der Waals surface area contributed by atoms with E-state index in [4.69, 9.17) is 46.8 Å². The number of aliphatic hydroxyl groups is 1. The third kappa shape index (κ3) is 31.9. The summed E-state index contributed by atoms with van der Waals surface area (Å²) in [5.74, 6) is 1.35. The van der Waals surface area contributed by atoms with E-state index in [-0.39, 0.29) is 29.9 Å². The first-order valence-electron chi connectivity index (χ1n) is 36.7. The molecule has 0 saturated carbocycles. The minimum atomic E-state index is -5.01. The van der Waals surface area contributed by atoms with Gasteiger partial charge in [-0.2, -0.15) is 8.42 Å². The molecule has 2 N–H and O–H groups in total. The minimum Gasteiger partial charge on any atom is -0.459 e. The second-order valence-corrected chi connectivity index (χ2v) is 30.6. The monoisotopic (exact) mass is 1360 g/mol. The molecule has 0 amide bonds. The summed E-state index contributed by atoms with van der Waals surface area (Å²) >= 11 is 0. The molecule has 2 heterocycles. The van der Waals surface area contributed by atoms with Gasteiger partial charge >= 0.3 is 28.3 Å². The summed E-state index contributed by atoms with van der Waals surface area (Å²) in [4.78, 5) is 41.8. The van der Waals surface area contributed by atoms with Crippen molar-refractivity contribution in [3.63, 3.8) is 0 Å². The molecule has 3 aromatic rings. The molecule has 0 aromatic heterocycles. The smallest absolute Gasteiger partial charge is 0.397 e. The van der Waals surface area contributed by atoms with E-state index in [2.05, 4.69) is 69.2 Å². The van der Waals surface area contributed by atoms with E-state index < -0.39 is 109 Å². The molecule has 2 aliphatic rings. The zero-order valence-corrected chi connectivity index (χ0v) is 61.3. The standard InChI is InChI=1S/C78H124O17S/c1-54(2)28-22-30-56(5)32-24-34-58(7)36-26-38-60(9)46-48-86-50-67(87-49-47-61(10)39-27-37-59(8)35-25-33-57(6)31-23-29-55(3)4)51-89-77-73(94-76(82)66-44-20-15-21-45-66)63(12)71(69(92-77)52-88-74(80)64-40-16-13-17-41-64)95-78-72(93-75(81)65-42-18-14-19-43-65)62(11)70(79)68(91-78)53-90-96(83,84)85/h13-21,40-45,54-63,67-73,77-79H,22-39,46-53H2,1-12H3,(H,83,84,85)/t56?,57?,58?,59?,60?,61?,62-,63-,67?,68?,69?,70+,71-,72?,73?,77+,78-/m0/s1. The first-order chi connectivity index (χ1) is 45.9. The Morgan fingerprint density at radius 3 is 1.27 bits per heavy atom. The van der Waals surface area contributed by atoms with Crippen LogP contribution in [0.2, 0.25) is 0 Å². The number of hydrogen-bond acceptors (Lipinski definition) is 16. The predicted molar refractivity (Wildman–Crippen MR) is 376 cm³/mol. The van der Waals surface area contributed by atoms with Gasteiger partial charge in [-0.1, -0.05) is 253 Å². The lowest BCUT2D eigenvalue weighted by molar-refractivity contribution is -0.347. The van der Waals surface area contributed by atoms with E-state index in [1.807, 2.05) is 0 Å². The molecule has 2 aliphatic heterocycles. The number of aliphatic hydroxyl groups excluding tert-OH is 1. The fourth-order valence-corrected chi connectivity index (χ4v) is 13.4. The van der Waals surface area contributed by atoms with Gasteiger partial charge in [-0.05, 0) is 96.6 Å². The van der Waals surface area contributed by atoms with Gasteiger partial charge in [0.2, 0.25) is 0 Å². The average Bonchev–Trinajstić information content (AvgIpc) is 0.778. The maximum atomic E-state index is 14.3. The average molecular weight is 1370 g/mol. The van der Waals surface area contributed by atoms with Crippen molar-refractivity contribution in [3.05, 3.63) is 108 Å². The normalized spacial score (nSPS) is 23.8. The molecule has 0 aliphatic carbocycles. The lowest BCUT2D eigenvalue weighted by Crippen LogP contribution is -2.62. The van der Waals surface area contributed by atoms with Gasteiger partial charge in [-0.3, -0.25) is 4.55 Å². The summed E-state index contributed by atoms with van der Waals surface area (Å²) in [6.07, 6.45) is 12.9. The zero-order valence-electron chi connectivity index (χ0n) is 60.4. The van der Waals surface area contributed by atoms with Crippen molar-refractivity contribution in [2.24, 2.45) is 59.2 Å². The molecule has 3 aromatic carbocycles. The molecule has 18 heteroatoms. The quantitative estimate of drug-likeness (QED) is 0.0232. The van der Waals surface area contributed by atoms with Gasteiger partial charge in [0, 0.05) is 25.0 Å². The van der Waals surface area contributed by atoms with E-state index in [1.165, 1.54) is 96.3 Å². The van der Waals surface area contributed by atoms with Crippen molar-refractivity contribution in [1.29, 1.82) is 0 Å². The van der Waals surface area contributed by atoms with Crippen LogP contribution >= 0.6 is 0 Å². The number of ether oxygens (including phenoxy) is 9. The maximum absolute atomic E-state index is 14.3. The van der Waals surface area contributed by atoms with E-state index in [0.717, 1.165) is 55.8 Å². The van der Waals surface area contributed by atoms with Crippen LogP contribution in [0.15, 0.2) is 91.0 Å². The Morgan fingerprint density at radius 2 is 0.844 bits per heavy atom. The summed E-state index contributed by atoms with van der Waals surface area (Å²) in [5.41, 5.74) is 0.705. The van der Waals surface area contributed by atoms with E-state index in [9.17, 15) is 32.5 Å². The molecule has 2 fully saturated rings. The van der Waals surface area contributed by atoms with Crippen LogP contribution in [-0.4, -0.2) is 131 Å². The van der Waals surface area contributed by atoms with Crippen LogP contribution in [0.4, 0.5) is 0 Å². The van der Waals surface area contributed by atoms with E-state index in [1.54, 1.807) is 105 Å². The van der Waals surface area contributed by atoms with Gasteiger partial charge in [0.25, 0.3) is 0 Å². The molecule has 17 nitrogen and oxygen atoms in total. The highest BCUT2D eigenvalue weighted by molar-refractivity contribution is 7.80. The highest BCUT2D eigenvalue weighted by atomic mass is 32.3. The molecule has 17 atom stereocenters. The van der Waals surface area contributed by atoms with Gasteiger partial charge in [0.1, 0.15) is 24.9 Å². The third-order valence-electron chi connectivity index (χ3n) is 19.6. The lowest BCUT2D eigenvalue weighted by Gasteiger charge is -2.48. The van der Waals surface area contributed by atoms with Crippen LogP contribution in [0.25, 0.3) is 0 Å².